The maximum Gasteiger partial charge on any atom is 0.255 e. The van der Waals surface area contributed by atoms with E-state index < -0.39 is 0 Å². The summed E-state index contributed by atoms with van der Waals surface area (Å²) in [6.45, 7) is 2.67. The van der Waals surface area contributed by atoms with E-state index in [4.69, 9.17) is 4.74 Å². The lowest BCUT2D eigenvalue weighted by atomic mass is 10.1. The molecule has 0 fully saturated rings. The van der Waals surface area contributed by atoms with Gasteiger partial charge < -0.3 is 10.1 Å². The third-order valence-corrected chi connectivity index (χ3v) is 3.17. The summed E-state index contributed by atoms with van der Waals surface area (Å²) in [5.74, 6) is 0.495. The van der Waals surface area contributed by atoms with Crippen LogP contribution in [0.4, 0.5) is 0 Å². The molecule has 0 aliphatic carbocycles. The molecule has 0 heterocycles. The van der Waals surface area contributed by atoms with Crippen molar-refractivity contribution in [2.75, 3.05) is 13.7 Å². The molecule has 104 valence electrons. The van der Waals surface area contributed by atoms with Gasteiger partial charge in [-0.1, -0.05) is 42.0 Å². The minimum absolute atomic E-state index is 0.102. The molecule has 3 heteroatoms. The SMILES string of the molecule is COc1ccccc1C(=O)NCCc1ccc(C)cc1. The number of benzene rings is 2. The van der Waals surface area contributed by atoms with Crippen molar-refractivity contribution >= 4 is 5.91 Å². The van der Waals surface area contributed by atoms with E-state index in [0.717, 1.165) is 6.42 Å². The molecule has 3 nitrogen and oxygen atoms in total. The van der Waals surface area contributed by atoms with Gasteiger partial charge in [-0.15, -0.1) is 0 Å². The molecule has 0 radical (unpaired) electrons. The molecule has 0 aliphatic rings. The Kier molecular flexibility index (Phi) is 4.77. The molecular formula is C17H19NO2. The number of rotatable bonds is 5. The summed E-state index contributed by atoms with van der Waals surface area (Å²) in [6.07, 6.45) is 0.821. The lowest BCUT2D eigenvalue weighted by Gasteiger charge is -2.09. The summed E-state index contributed by atoms with van der Waals surface area (Å²) in [5, 5.41) is 2.92. The third kappa shape index (κ3) is 3.60. The van der Waals surface area contributed by atoms with Gasteiger partial charge >= 0.3 is 0 Å². The summed E-state index contributed by atoms with van der Waals surface area (Å²) in [6, 6.07) is 15.6. The Morgan fingerprint density at radius 3 is 2.50 bits per heavy atom. The zero-order chi connectivity index (χ0) is 14.4. The first-order valence-electron chi connectivity index (χ1n) is 6.67. The highest BCUT2D eigenvalue weighted by molar-refractivity contribution is 5.96. The molecule has 2 aromatic carbocycles. The van der Waals surface area contributed by atoms with Crippen LogP contribution in [0.3, 0.4) is 0 Å². The number of nitrogens with one attached hydrogen (secondary N) is 1. The monoisotopic (exact) mass is 269 g/mol. The molecule has 0 atom stereocenters. The number of carbonyl (C=O) groups excluding carboxylic acids is 1. The zero-order valence-electron chi connectivity index (χ0n) is 11.8. The standard InChI is InChI=1S/C17H19NO2/c1-13-7-9-14(10-8-13)11-12-18-17(19)15-5-3-4-6-16(15)20-2/h3-10H,11-12H2,1-2H3,(H,18,19). The summed E-state index contributed by atoms with van der Waals surface area (Å²) in [4.78, 5) is 12.1. The highest BCUT2D eigenvalue weighted by Gasteiger charge is 2.10. The summed E-state index contributed by atoms with van der Waals surface area (Å²) >= 11 is 0. The molecule has 0 aliphatic heterocycles. The Hall–Kier alpha value is -2.29. The topological polar surface area (TPSA) is 38.3 Å². The summed E-state index contributed by atoms with van der Waals surface area (Å²) in [5.41, 5.74) is 3.03. The van der Waals surface area contributed by atoms with Crippen molar-refractivity contribution in [2.24, 2.45) is 0 Å². The van der Waals surface area contributed by atoms with Crippen LogP contribution in [0, 0.1) is 6.92 Å². The molecule has 20 heavy (non-hydrogen) atoms. The van der Waals surface area contributed by atoms with E-state index in [1.807, 2.05) is 12.1 Å². The van der Waals surface area contributed by atoms with E-state index >= 15 is 0 Å². The van der Waals surface area contributed by atoms with Crippen LogP contribution in [0.25, 0.3) is 0 Å². The van der Waals surface area contributed by atoms with Crippen LogP contribution in [-0.4, -0.2) is 19.6 Å². The highest BCUT2D eigenvalue weighted by atomic mass is 16.5. The summed E-state index contributed by atoms with van der Waals surface area (Å²) < 4.78 is 5.18. The molecule has 1 N–H and O–H groups in total. The maximum absolute atomic E-state index is 12.1. The van der Waals surface area contributed by atoms with Crippen molar-refractivity contribution in [1.29, 1.82) is 0 Å². The Morgan fingerprint density at radius 1 is 1.10 bits per heavy atom. The number of aryl methyl sites for hydroxylation is 1. The van der Waals surface area contributed by atoms with E-state index in [9.17, 15) is 4.79 Å². The third-order valence-electron chi connectivity index (χ3n) is 3.17. The molecule has 0 saturated carbocycles. The molecule has 0 aromatic heterocycles. The van der Waals surface area contributed by atoms with Crippen LogP contribution >= 0.6 is 0 Å². The number of para-hydroxylation sites is 1. The van der Waals surface area contributed by atoms with Gasteiger partial charge in [0.15, 0.2) is 0 Å². The van der Waals surface area contributed by atoms with Gasteiger partial charge in [0.25, 0.3) is 5.91 Å². The van der Waals surface area contributed by atoms with Crippen molar-refractivity contribution in [1.82, 2.24) is 5.32 Å². The van der Waals surface area contributed by atoms with Crippen LogP contribution in [0.1, 0.15) is 21.5 Å². The predicted octanol–water partition coefficient (Wildman–Crippen LogP) is 2.98. The van der Waals surface area contributed by atoms with Crippen LogP contribution in [0.15, 0.2) is 48.5 Å². The van der Waals surface area contributed by atoms with E-state index in [0.29, 0.717) is 17.9 Å². The van der Waals surface area contributed by atoms with Crippen molar-refractivity contribution < 1.29 is 9.53 Å². The maximum atomic E-state index is 12.1. The van der Waals surface area contributed by atoms with Gasteiger partial charge in [-0.05, 0) is 31.0 Å². The van der Waals surface area contributed by atoms with E-state index in [1.165, 1.54) is 11.1 Å². The molecule has 0 saturated heterocycles. The average molecular weight is 269 g/mol. The van der Waals surface area contributed by atoms with Crippen LogP contribution < -0.4 is 10.1 Å². The Labute approximate surface area is 119 Å². The Bertz CT molecular complexity index is 576. The van der Waals surface area contributed by atoms with Crippen molar-refractivity contribution in [3.63, 3.8) is 0 Å². The van der Waals surface area contributed by atoms with Crippen LogP contribution in [0.5, 0.6) is 5.75 Å². The molecular weight excluding hydrogens is 250 g/mol. The smallest absolute Gasteiger partial charge is 0.255 e. The number of methoxy groups -OCH3 is 1. The zero-order valence-corrected chi connectivity index (χ0v) is 11.8. The normalized spacial score (nSPS) is 10.1. The first-order valence-corrected chi connectivity index (χ1v) is 6.67. The molecule has 2 aromatic rings. The van der Waals surface area contributed by atoms with Crippen LogP contribution in [-0.2, 0) is 6.42 Å². The highest BCUT2D eigenvalue weighted by Crippen LogP contribution is 2.16. The average Bonchev–Trinajstić information content (AvgIpc) is 2.49. The number of hydrogen-bond donors (Lipinski definition) is 1. The van der Waals surface area contributed by atoms with Gasteiger partial charge in [-0.2, -0.15) is 0 Å². The largest absolute Gasteiger partial charge is 0.496 e. The van der Waals surface area contributed by atoms with Crippen LogP contribution in [0.2, 0.25) is 0 Å². The number of hydrogen-bond acceptors (Lipinski definition) is 2. The number of carbonyl (C=O) groups is 1. The van der Waals surface area contributed by atoms with Crippen molar-refractivity contribution in [2.45, 2.75) is 13.3 Å². The quantitative estimate of drug-likeness (QED) is 0.906. The summed E-state index contributed by atoms with van der Waals surface area (Å²) in [7, 11) is 1.57. The lowest BCUT2D eigenvalue weighted by Crippen LogP contribution is -2.26. The molecule has 1 amide bonds. The second-order valence-electron chi connectivity index (χ2n) is 4.69. The molecule has 0 unspecified atom stereocenters. The Morgan fingerprint density at radius 2 is 1.80 bits per heavy atom. The lowest BCUT2D eigenvalue weighted by molar-refractivity contribution is 0.0951. The van der Waals surface area contributed by atoms with E-state index in [2.05, 4.69) is 36.5 Å². The van der Waals surface area contributed by atoms with Gasteiger partial charge in [0, 0.05) is 6.54 Å². The molecule has 0 spiro atoms. The van der Waals surface area contributed by atoms with Crippen molar-refractivity contribution in [3.05, 3.63) is 65.2 Å². The van der Waals surface area contributed by atoms with E-state index in [-0.39, 0.29) is 5.91 Å². The van der Waals surface area contributed by atoms with Gasteiger partial charge in [0.2, 0.25) is 0 Å². The molecule has 2 rings (SSSR count). The first-order chi connectivity index (χ1) is 9.70. The number of amides is 1. The van der Waals surface area contributed by atoms with E-state index in [1.54, 1.807) is 19.2 Å². The van der Waals surface area contributed by atoms with Gasteiger partial charge in [-0.25, -0.2) is 0 Å². The Balaban J connectivity index is 1.90. The fraction of sp³-hybridized carbons (Fsp3) is 0.235. The van der Waals surface area contributed by atoms with Gasteiger partial charge in [0.1, 0.15) is 5.75 Å². The first kappa shape index (κ1) is 14.1. The second kappa shape index (κ2) is 6.75. The minimum atomic E-state index is -0.102. The minimum Gasteiger partial charge on any atom is -0.496 e. The molecule has 0 bridgehead atoms. The second-order valence-corrected chi connectivity index (χ2v) is 4.69. The van der Waals surface area contributed by atoms with Crippen molar-refractivity contribution in [3.8, 4) is 5.75 Å². The van der Waals surface area contributed by atoms with Gasteiger partial charge in [0.05, 0.1) is 12.7 Å². The predicted molar refractivity (Wildman–Crippen MR) is 80.2 cm³/mol. The van der Waals surface area contributed by atoms with Gasteiger partial charge in [-0.3, -0.25) is 4.79 Å². The fourth-order valence-corrected chi connectivity index (χ4v) is 2.00. The number of ether oxygens (including phenoxy) is 1. The fourth-order valence-electron chi connectivity index (χ4n) is 2.00.